The van der Waals surface area contributed by atoms with Crippen LogP contribution in [0.25, 0.3) is 0 Å². The second kappa shape index (κ2) is 4.97. The molecule has 0 amide bonds. The van der Waals surface area contributed by atoms with Crippen LogP contribution in [0.3, 0.4) is 0 Å². The fraction of sp³-hybridized carbons (Fsp3) is 0.312. The number of fused-ring (bicyclic) bond motifs is 1. The first-order valence-electron chi connectivity index (χ1n) is 6.62. The Morgan fingerprint density at radius 3 is 2.68 bits per heavy atom. The lowest BCUT2D eigenvalue weighted by molar-refractivity contribution is 0.0972. The van der Waals surface area contributed by atoms with Crippen LogP contribution in [-0.4, -0.2) is 10.4 Å². The van der Waals surface area contributed by atoms with E-state index in [1.165, 1.54) is 17.0 Å². The van der Waals surface area contributed by atoms with E-state index in [-0.39, 0.29) is 0 Å². The summed E-state index contributed by atoms with van der Waals surface area (Å²) in [7, 11) is 0. The number of Topliss-reactive ketones (excluding diaryl/α,β-unsaturated/α-hetero) is 1. The molecule has 0 bridgehead atoms. The van der Waals surface area contributed by atoms with Crippen LogP contribution in [0.1, 0.15) is 40.2 Å². The number of hydrogen-bond donors (Lipinski definition) is 0. The molecule has 0 radical (unpaired) electrons. The molecule has 0 unspecified atom stereocenters. The zero-order valence-corrected chi connectivity index (χ0v) is 12.5. The molecule has 98 valence electrons. The molecule has 1 aromatic heterocycles. The lowest BCUT2D eigenvalue weighted by atomic mass is 9.96. The molecule has 0 aliphatic heterocycles. The third kappa shape index (κ3) is 2.39. The Bertz CT molecular complexity index is 625. The Balaban J connectivity index is 1.97. The van der Waals surface area contributed by atoms with Gasteiger partial charge < -0.3 is 4.57 Å². The quantitative estimate of drug-likeness (QED) is 0.816. The highest BCUT2D eigenvalue weighted by molar-refractivity contribution is 9.10. The average molecular weight is 318 g/mol. The summed E-state index contributed by atoms with van der Waals surface area (Å²) in [5.41, 5.74) is 4.61. The highest BCUT2D eigenvalue weighted by Crippen LogP contribution is 2.26. The molecule has 1 heterocycles. The Hall–Kier alpha value is -1.35. The van der Waals surface area contributed by atoms with Gasteiger partial charge in [-0.1, -0.05) is 28.1 Å². The predicted molar refractivity (Wildman–Crippen MR) is 79.7 cm³/mol. The topological polar surface area (TPSA) is 22.0 Å². The van der Waals surface area contributed by atoms with E-state index in [9.17, 15) is 4.79 Å². The molecule has 3 rings (SSSR count). The van der Waals surface area contributed by atoms with Crippen molar-refractivity contribution in [2.45, 2.75) is 32.7 Å². The standard InChI is InChI=1S/C16H16BrNO/c1-11-9-14-15(3-2-4-16(14)19)18(11)10-12-5-7-13(17)8-6-12/h5-9H,2-4,10H2,1H3. The number of aryl methyl sites for hydroxylation is 1. The van der Waals surface area contributed by atoms with E-state index in [1.807, 2.05) is 0 Å². The molecule has 1 aromatic carbocycles. The molecule has 0 saturated heterocycles. The molecular formula is C16H16BrNO. The van der Waals surface area contributed by atoms with Crippen molar-refractivity contribution in [2.75, 3.05) is 0 Å². The van der Waals surface area contributed by atoms with E-state index in [1.54, 1.807) is 0 Å². The van der Waals surface area contributed by atoms with E-state index >= 15 is 0 Å². The molecular weight excluding hydrogens is 302 g/mol. The molecule has 2 aromatic rings. The van der Waals surface area contributed by atoms with Crippen molar-refractivity contribution >= 4 is 21.7 Å². The van der Waals surface area contributed by atoms with Gasteiger partial charge in [-0.15, -0.1) is 0 Å². The molecule has 0 saturated carbocycles. The fourth-order valence-electron chi connectivity index (χ4n) is 2.78. The second-order valence-corrected chi connectivity index (χ2v) is 6.05. The highest BCUT2D eigenvalue weighted by Gasteiger charge is 2.22. The van der Waals surface area contributed by atoms with E-state index < -0.39 is 0 Å². The zero-order chi connectivity index (χ0) is 13.4. The van der Waals surface area contributed by atoms with Crippen LogP contribution in [0, 0.1) is 6.92 Å². The number of hydrogen-bond acceptors (Lipinski definition) is 1. The summed E-state index contributed by atoms with van der Waals surface area (Å²) in [5, 5.41) is 0. The van der Waals surface area contributed by atoms with Crippen LogP contribution in [0.5, 0.6) is 0 Å². The van der Waals surface area contributed by atoms with Crippen LogP contribution < -0.4 is 0 Å². The molecule has 1 aliphatic carbocycles. The predicted octanol–water partition coefficient (Wildman–Crippen LogP) is 4.13. The van der Waals surface area contributed by atoms with Crippen molar-refractivity contribution in [3.8, 4) is 0 Å². The largest absolute Gasteiger partial charge is 0.344 e. The fourth-order valence-corrected chi connectivity index (χ4v) is 3.05. The van der Waals surface area contributed by atoms with Crippen molar-refractivity contribution in [3.63, 3.8) is 0 Å². The maximum absolute atomic E-state index is 11.9. The maximum atomic E-state index is 11.9. The molecule has 3 heteroatoms. The Morgan fingerprint density at radius 1 is 1.21 bits per heavy atom. The van der Waals surface area contributed by atoms with Gasteiger partial charge in [-0.25, -0.2) is 0 Å². The summed E-state index contributed by atoms with van der Waals surface area (Å²) in [6, 6.07) is 10.4. The summed E-state index contributed by atoms with van der Waals surface area (Å²) in [6.07, 6.45) is 2.70. The van der Waals surface area contributed by atoms with Crippen LogP contribution >= 0.6 is 15.9 Å². The lowest BCUT2D eigenvalue weighted by Crippen LogP contribution is -2.14. The summed E-state index contributed by atoms with van der Waals surface area (Å²) in [4.78, 5) is 11.9. The highest BCUT2D eigenvalue weighted by atomic mass is 79.9. The van der Waals surface area contributed by atoms with Gasteiger partial charge in [0.25, 0.3) is 0 Å². The smallest absolute Gasteiger partial charge is 0.164 e. The van der Waals surface area contributed by atoms with Gasteiger partial charge in [0.05, 0.1) is 0 Å². The SMILES string of the molecule is Cc1cc2c(n1Cc1ccc(Br)cc1)CCCC2=O. The van der Waals surface area contributed by atoms with Gasteiger partial charge in [-0.05, 0) is 43.5 Å². The first-order chi connectivity index (χ1) is 9.15. The number of halogens is 1. The normalized spacial score (nSPS) is 14.5. The third-order valence-corrected chi connectivity index (χ3v) is 4.32. The zero-order valence-electron chi connectivity index (χ0n) is 10.9. The molecule has 0 atom stereocenters. The summed E-state index contributed by atoms with van der Waals surface area (Å²) in [6.45, 7) is 2.94. The van der Waals surface area contributed by atoms with Crippen LogP contribution in [0.4, 0.5) is 0 Å². The molecule has 0 fully saturated rings. The van der Waals surface area contributed by atoms with Crippen molar-refractivity contribution < 1.29 is 4.79 Å². The van der Waals surface area contributed by atoms with Crippen molar-refractivity contribution in [2.24, 2.45) is 0 Å². The van der Waals surface area contributed by atoms with Gasteiger partial charge >= 0.3 is 0 Å². The summed E-state index contributed by atoms with van der Waals surface area (Å²) < 4.78 is 3.38. The third-order valence-electron chi connectivity index (χ3n) is 3.79. The monoisotopic (exact) mass is 317 g/mol. The molecule has 2 nitrogen and oxygen atoms in total. The van der Waals surface area contributed by atoms with E-state index in [0.717, 1.165) is 29.4 Å². The van der Waals surface area contributed by atoms with Crippen LogP contribution in [0.15, 0.2) is 34.8 Å². The van der Waals surface area contributed by atoms with Crippen molar-refractivity contribution in [3.05, 3.63) is 57.3 Å². The average Bonchev–Trinajstić information content (AvgIpc) is 2.71. The number of nitrogens with zero attached hydrogens (tertiary/aromatic N) is 1. The summed E-state index contributed by atoms with van der Waals surface area (Å²) >= 11 is 3.45. The molecule has 1 aliphatic rings. The number of carbonyl (C=O) groups excluding carboxylic acids is 1. The second-order valence-electron chi connectivity index (χ2n) is 5.14. The van der Waals surface area contributed by atoms with Gasteiger partial charge in [0.2, 0.25) is 0 Å². The number of benzene rings is 1. The van der Waals surface area contributed by atoms with E-state index in [2.05, 4.69) is 57.8 Å². The molecule has 19 heavy (non-hydrogen) atoms. The number of ketones is 1. The van der Waals surface area contributed by atoms with Crippen LogP contribution in [0.2, 0.25) is 0 Å². The van der Waals surface area contributed by atoms with Gasteiger partial charge in [-0.3, -0.25) is 4.79 Å². The van der Waals surface area contributed by atoms with Crippen molar-refractivity contribution in [1.29, 1.82) is 0 Å². The molecule has 0 N–H and O–H groups in total. The van der Waals surface area contributed by atoms with E-state index in [0.29, 0.717) is 12.2 Å². The first kappa shape index (κ1) is 12.7. The Labute approximate surface area is 121 Å². The van der Waals surface area contributed by atoms with Crippen molar-refractivity contribution in [1.82, 2.24) is 4.57 Å². The first-order valence-corrected chi connectivity index (χ1v) is 7.41. The number of aromatic nitrogens is 1. The minimum absolute atomic E-state index is 0.305. The Kier molecular flexibility index (Phi) is 3.31. The Morgan fingerprint density at radius 2 is 1.95 bits per heavy atom. The minimum atomic E-state index is 0.305. The lowest BCUT2D eigenvalue weighted by Gasteiger charge is -2.16. The van der Waals surface area contributed by atoms with E-state index in [4.69, 9.17) is 0 Å². The molecule has 0 spiro atoms. The van der Waals surface area contributed by atoms with Gasteiger partial charge in [0, 0.05) is 34.4 Å². The van der Waals surface area contributed by atoms with Gasteiger partial charge in [-0.2, -0.15) is 0 Å². The number of carbonyl (C=O) groups is 1. The summed E-state index contributed by atoms with van der Waals surface area (Å²) in [5.74, 6) is 0.305. The van der Waals surface area contributed by atoms with Gasteiger partial charge in [0.15, 0.2) is 5.78 Å². The maximum Gasteiger partial charge on any atom is 0.164 e. The van der Waals surface area contributed by atoms with Crippen LogP contribution in [-0.2, 0) is 13.0 Å². The minimum Gasteiger partial charge on any atom is -0.344 e. The number of rotatable bonds is 2. The van der Waals surface area contributed by atoms with Gasteiger partial charge in [0.1, 0.15) is 0 Å².